The number of rotatable bonds is 5. The fourth-order valence-corrected chi connectivity index (χ4v) is 1.28. The second-order valence-electron chi connectivity index (χ2n) is 3.05. The normalized spacial score (nSPS) is 12.8. The summed E-state index contributed by atoms with van der Waals surface area (Å²) in [7, 11) is 1.64. The van der Waals surface area contributed by atoms with Crippen molar-refractivity contribution in [3.8, 4) is 0 Å². The van der Waals surface area contributed by atoms with E-state index >= 15 is 0 Å². The van der Waals surface area contributed by atoms with Crippen LogP contribution in [0.4, 0.5) is 4.39 Å². The molecule has 0 aliphatic carbocycles. The largest absolute Gasteiger partial charge is 0.385 e. The van der Waals surface area contributed by atoms with Gasteiger partial charge in [-0.3, -0.25) is 11.3 Å². The Balaban J connectivity index is 2.64. The Labute approximate surface area is 83.0 Å². The predicted octanol–water partition coefficient (Wildman–Crippen LogP) is 1.37. The number of hydrazine groups is 1. The molecule has 1 atom stereocenters. The number of nitrogens with one attached hydrogen (secondary N) is 1. The van der Waals surface area contributed by atoms with E-state index in [1.165, 1.54) is 12.1 Å². The zero-order valence-corrected chi connectivity index (χ0v) is 8.16. The lowest BCUT2D eigenvalue weighted by Gasteiger charge is -2.15. The van der Waals surface area contributed by atoms with E-state index in [1.807, 2.05) is 0 Å². The Bertz CT molecular complexity index is 263. The van der Waals surface area contributed by atoms with Crippen LogP contribution in [0.3, 0.4) is 0 Å². The summed E-state index contributed by atoms with van der Waals surface area (Å²) in [6.07, 6.45) is 0.763. The molecule has 0 aromatic heterocycles. The maximum absolute atomic E-state index is 12.6. The Morgan fingerprint density at radius 3 is 2.57 bits per heavy atom. The number of hydrogen-bond donors (Lipinski definition) is 2. The third-order valence-electron chi connectivity index (χ3n) is 2.08. The van der Waals surface area contributed by atoms with Gasteiger partial charge < -0.3 is 4.74 Å². The van der Waals surface area contributed by atoms with E-state index in [-0.39, 0.29) is 11.9 Å². The highest BCUT2D eigenvalue weighted by Gasteiger charge is 2.08. The monoisotopic (exact) mass is 198 g/mol. The van der Waals surface area contributed by atoms with Gasteiger partial charge in [0.15, 0.2) is 0 Å². The lowest BCUT2D eigenvalue weighted by Crippen LogP contribution is -2.28. The van der Waals surface area contributed by atoms with Crippen LogP contribution in [-0.4, -0.2) is 13.7 Å². The van der Waals surface area contributed by atoms with Crippen LogP contribution >= 0.6 is 0 Å². The van der Waals surface area contributed by atoms with Crippen LogP contribution in [0.25, 0.3) is 0 Å². The molecular weight excluding hydrogens is 183 g/mol. The molecule has 3 N–H and O–H groups in total. The first-order valence-electron chi connectivity index (χ1n) is 4.48. The van der Waals surface area contributed by atoms with Gasteiger partial charge in [0.2, 0.25) is 0 Å². The van der Waals surface area contributed by atoms with Crippen molar-refractivity contribution in [1.82, 2.24) is 5.43 Å². The lowest BCUT2D eigenvalue weighted by molar-refractivity contribution is 0.183. The number of nitrogens with two attached hydrogens (primary N) is 1. The average Bonchev–Trinajstić information content (AvgIpc) is 2.21. The van der Waals surface area contributed by atoms with E-state index in [2.05, 4.69) is 5.43 Å². The van der Waals surface area contributed by atoms with Crippen molar-refractivity contribution in [3.63, 3.8) is 0 Å². The molecule has 4 heteroatoms. The van der Waals surface area contributed by atoms with Crippen LogP contribution in [0.2, 0.25) is 0 Å². The molecule has 0 saturated carbocycles. The Morgan fingerprint density at radius 1 is 1.43 bits per heavy atom. The first-order chi connectivity index (χ1) is 6.77. The number of hydrogen-bond acceptors (Lipinski definition) is 3. The first-order valence-corrected chi connectivity index (χ1v) is 4.48. The van der Waals surface area contributed by atoms with Gasteiger partial charge in [0.05, 0.1) is 0 Å². The van der Waals surface area contributed by atoms with Gasteiger partial charge in [0.1, 0.15) is 5.82 Å². The molecule has 78 valence electrons. The van der Waals surface area contributed by atoms with Gasteiger partial charge >= 0.3 is 0 Å². The van der Waals surface area contributed by atoms with Crippen LogP contribution < -0.4 is 11.3 Å². The molecule has 0 radical (unpaired) electrons. The lowest BCUT2D eigenvalue weighted by atomic mass is 10.1. The average molecular weight is 198 g/mol. The molecule has 0 saturated heterocycles. The molecule has 0 amide bonds. The van der Waals surface area contributed by atoms with Gasteiger partial charge in [-0.2, -0.15) is 0 Å². The van der Waals surface area contributed by atoms with Crippen molar-refractivity contribution in [1.29, 1.82) is 0 Å². The van der Waals surface area contributed by atoms with Crippen molar-refractivity contribution < 1.29 is 9.13 Å². The van der Waals surface area contributed by atoms with Gasteiger partial charge in [-0.1, -0.05) is 12.1 Å². The smallest absolute Gasteiger partial charge is 0.123 e. The van der Waals surface area contributed by atoms with Crippen molar-refractivity contribution in [3.05, 3.63) is 35.6 Å². The summed E-state index contributed by atoms with van der Waals surface area (Å²) >= 11 is 0. The molecule has 0 bridgehead atoms. The highest BCUT2D eigenvalue weighted by molar-refractivity contribution is 5.19. The minimum absolute atomic E-state index is 0.00977. The quantitative estimate of drug-likeness (QED) is 0.555. The van der Waals surface area contributed by atoms with E-state index in [9.17, 15) is 4.39 Å². The Kier molecular flexibility index (Phi) is 4.52. The van der Waals surface area contributed by atoms with Gasteiger partial charge in [-0.25, -0.2) is 4.39 Å². The van der Waals surface area contributed by atoms with Crippen LogP contribution in [0, 0.1) is 5.82 Å². The third kappa shape index (κ3) is 3.06. The van der Waals surface area contributed by atoms with Gasteiger partial charge in [0.25, 0.3) is 0 Å². The highest BCUT2D eigenvalue weighted by atomic mass is 19.1. The second kappa shape index (κ2) is 5.70. The van der Waals surface area contributed by atoms with E-state index in [0.717, 1.165) is 12.0 Å². The van der Waals surface area contributed by atoms with Gasteiger partial charge in [-0.05, 0) is 24.1 Å². The van der Waals surface area contributed by atoms with E-state index in [1.54, 1.807) is 19.2 Å². The fourth-order valence-electron chi connectivity index (χ4n) is 1.28. The minimum atomic E-state index is -0.240. The summed E-state index contributed by atoms with van der Waals surface area (Å²) < 4.78 is 17.6. The second-order valence-corrected chi connectivity index (χ2v) is 3.05. The van der Waals surface area contributed by atoms with Crippen molar-refractivity contribution >= 4 is 0 Å². The molecule has 0 aliphatic rings. The summed E-state index contributed by atoms with van der Waals surface area (Å²) in [5.41, 5.74) is 3.63. The molecule has 1 aromatic rings. The summed E-state index contributed by atoms with van der Waals surface area (Å²) in [4.78, 5) is 0. The van der Waals surface area contributed by atoms with E-state index < -0.39 is 0 Å². The molecule has 0 spiro atoms. The van der Waals surface area contributed by atoms with Crippen LogP contribution in [0.1, 0.15) is 18.0 Å². The topological polar surface area (TPSA) is 47.3 Å². The van der Waals surface area contributed by atoms with E-state index in [0.29, 0.717) is 6.61 Å². The molecule has 0 aliphatic heterocycles. The third-order valence-corrected chi connectivity index (χ3v) is 2.08. The molecule has 1 aromatic carbocycles. The zero-order valence-electron chi connectivity index (χ0n) is 8.16. The van der Waals surface area contributed by atoms with Crippen LogP contribution in [-0.2, 0) is 4.74 Å². The highest BCUT2D eigenvalue weighted by Crippen LogP contribution is 2.15. The Morgan fingerprint density at radius 2 is 2.07 bits per heavy atom. The van der Waals surface area contributed by atoms with Crippen molar-refractivity contribution in [2.45, 2.75) is 12.5 Å². The number of benzene rings is 1. The van der Waals surface area contributed by atoms with Gasteiger partial charge in [0, 0.05) is 19.8 Å². The van der Waals surface area contributed by atoms with E-state index in [4.69, 9.17) is 10.6 Å². The first kappa shape index (κ1) is 11.1. The minimum Gasteiger partial charge on any atom is -0.385 e. The SMILES string of the molecule is COCCC(NN)c1ccc(F)cc1. The maximum Gasteiger partial charge on any atom is 0.123 e. The standard InChI is InChI=1S/C10H15FN2O/c1-14-7-6-10(13-12)8-2-4-9(11)5-3-8/h2-5,10,13H,6-7,12H2,1H3. The summed E-state index contributed by atoms with van der Waals surface area (Å²) in [5, 5.41) is 0. The predicted molar refractivity (Wildman–Crippen MR) is 53.0 cm³/mol. The number of halogens is 1. The molecule has 14 heavy (non-hydrogen) atoms. The number of methoxy groups -OCH3 is 1. The maximum atomic E-state index is 12.6. The van der Waals surface area contributed by atoms with Gasteiger partial charge in [-0.15, -0.1) is 0 Å². The molecule has 3 nitrogen and oxygen atoms in total. The summed E-state index contributed by atoms with van der Waals surface area (Å²) in [5.74, 6) is 5.14. The van der Waals surface area contributed by atoms with Crippen molar-refractivity contribution in [2.75, 3.05) is 13.7 Å². The molecule has 1 unspecified atom stereocenters. The Hall–Kier alpha value is -0.970. The van der Waals surface area contributed by atoms with Crippen LogP contribution in [0.15, 0.2) is 24.3 Å². The summed E-state index contributed by atoms with van der Waals surface area (Å²) in [6.45, 7) is 0.617. The zero-order chi connectivity index (χ0) is 10.4. The number of ether oxygens (including phenoxy) is 1. The molecule has 0 heterocycles. The molecule has 0 fully saturated rings. The summed E-state index contributed by atoms with van der Waals surface area (Å²) in [6, 6.07) is 6.29. The fraction of sp³-hybridized carbons (Fsp3) is 0.400. The molecule has 1 rings (SSSR count). The molecular formula is C10H15FN2O. The van der Waals surface area contributed by atoms with Crippen LogP contribution in [0.5, 0.6) is 0 Å². The van der Waals surface area contributed by atoms with Crippen molar-refractivity contribution in [2.24, 2.45) is 5.84 Å².